The van der Waals surface area contributed by atoms with Crippen LogP contribution in [0.3, 0.4) is 0 Å². The van der Waals surface area contributed by atoms with Gasteiger partial charge < -0.3 is 14.7 Å². The van der Waals surface area contributed by atoms with Crippen LogP contribution in [0.1, 0.15) is 20.8 Å². The van der Waals surface area contributed by atoms with Crippen molar-refractivity contribution in [1.82, 2.24) is 4.90 Å². The molecule has 0 spiro atoms. The number of hydrogen-bond acceptors (Lipinski definition) is 4. The first kappa shape index (κ1) is 12.4. The molecule has 0 saturated heterocycles. The fourth-order valence-electron chi connectivity index (χ4n) is 0.953. The van der Waals surface area contributed by atoms with Gasteiger partial charge in [-0.2, -0.15) is 0 Å². The molecule has 0 aromatic rings. The molecule has 0 aliphatic heterocycles. The van der Waals surface area contributed by atoms with E-state index in [-0.39, 0.29) is 12.6 Å². The highest BCUT2D eigenvalue weighted by Gasteiger charge is 2.33. The minimum atomic E-state index is -1.42. The maximum absolute atomic E-state index is 11.1. The Morgan fingerprint density at radius 1 is 1.62 bits per heavy atom. The molecule has 0 saturated carbocycles. The molecule has 0 aliphatic carbocycles. The monoisotopic (exact) mass is 189 g/mol. The van der Waals surface area contributed by atoms with Gasteiger partial charge in [-0.3, -0.25) is 0 Å². The van der Waals surface area contributed by atoms with E-state index in [1.165, 1.54) is 14.0 Å². The van der Waals surface area contributed by atoms with Gasteiger partial charge in [0, 0.05) is 12.6 Å². The maximum atomic E-state index is 11.1. The molecule has 1 atom stereocenters. The molecule has 78 valence electrons. The standard InChI is InChI=1S/C9H19NO3/c1-7(2)10(4)6-9(3,12)8(11)13-5/h7,12H,6H2,1-5H3. The third kappa shape index (κ3) is 3.74. The normalized spacial score (nSPS) is 16.0. The SMILES string of the molecule is COC(=O)C(C)(O)CN(C)C(C)C. The van der Waals surface area contributed by atoms with E-state index in [4.69, 9.17) is 0 Å². The summed E-state index contributed by atoms with van der Waals surface area (Å²) in [4.78, 5) is 13.0. The van der Waals surface area contributed by atoms with E-state index in [2.05, 4.69) is 4.74 Å². The first-order valence-corrected chi connectivity index (χ1v) is 4.32. The lowest BCUT2D eigenvalue weighted by Gasteiger charge is -2.29. The number of nitrogens with zero attached hydrogens (tertiary/aromatic N) is 1. The Kier molecular flexibility index (Phi) is 4.36. The van der Waals surface area contributed by atoms with Crippen molar-refractivity contribution in [2.75, 3.05) is 20.7 Å². The summed E-state index contributed by atoms with van der Waals surface area (Å²) in [6, 6.07) is 0.288. The zero-order chi connectivity index (χ0) is 10.6. The van der Waals surface area contributed by atoms with E-state index in [1.807, 2.05) is 25.8 Å². The molecule has 13 heavy (non-hydrogen) atoms. The lowest BCUT2D eigenvalue weighted by Crippen LogP contribution is -2.48. The van der Waals surface area contributed by atoms with Gasteiger partial charge in [0.05, 0.1) is 7.11 Å². The topological polar surface area (TPSA) is 49.8 Å². The van der Waals surface area contributed by atoms with Crippen molar-refractivity contribution in [2.24, 2.45) is 0 Å². The molecule has 0 fully saturated rings. The van der Waals surface area contributed by atoms with Crippen molar-refractivity contribution < 1.29 is 14.6 Å². The van der Waals surface area contributed by atoms with Crippen LogP contribution in [0.2, 0.25) is 0 Å². The fourth-order valence-corrected chi connectivity index (χ4v) is 0.953. The first-order chi connectivity index (χ1) is 5.81. The van der Waals surface area contributed by atoms with Crippen molar-refractivity contribution in [2.45, 2.75) is 32.4 Å². The van der Waals surface area contributed by atoms with E-state index >= 15 is 0 Å². The molecule has 1 N–H and O–H groups in total. The Labute approximate surface area is 79.5 Å². The smallest absolute Gasteiger partial charge is 0.338 e. The quantitative estimate of drug-likeness (QED) is 0.644. The van der Waals surface area contributed by atoms with Crippen molar-refractivity contribution in [3.05, 3.63) is 0 Å². The fraction of sp³-hybridized carbons (Fsp3) is 0.889. The van der Waals surface area contributed by atoms with Crippen molar-refractivity contribution in [1.29, 1.82) is 0 Å². The minimum absolute atomic E-state index is 0.275. The van der Waals surface area contributed by atoms with Gasteiger partial charge in [-0.05, 0) is 27.8 Å². The minimum Gasteiger partial charge on any atom is -0.467 e. The molecule has 0 aromatic heterocycles. The largest absolute Gasteiger partial charge is 0.467 e. The van der Waals surface area contributed by atoms with E-state index in [1.54, 1.807) is 0 Å². The lowest BCUT2D eigenvalue weighted by molar-refractivity contribution is -0.162. The van der Waals surface area contributed by atoms with Crippen LogP contribution >= 0.6 is 0 Å². The summed E-state index contributed by atoms with van der Waals surface area (Å²) in [5, 5.41) is 9.69. The Bertz CT molecular complexity index is 178. The summed E-state index contributed by atoms with van der Waals surface area (Å²) >= 11 is 0. The van der Waals surface area contributed by atoms with Crippen molar-refractivity contribution in [3.63, 3.8) is 0 Å². The molecule has 0 heterocycles. The van der Waals surface area contributed by atoms with Crippen LogP contribution in [0.25, 0.3) is 0 Å². The number of esters is 1. The molecule has 1 unspecified atom stereocenters. The maximum Gasteiger partial charge on any atom is 0.338 e. The van der Waals surface area contributed by atoms with Crippen LogP contribution in [0.15, 0.2) is 0 Å². The first-order valence-electron chi connectivity index (χ1n) is 4.32. The van der Waals surface area contributed by atoms with Crippen LogP contribution in [0.5, 0.6) is 0 Å². The summed E-state index contributed by atoms with van der Waals surface area (Å²) in [5.74, 6) is -0.597. The second kappa shape index (κ2) is 4.58. The van der Waals surface area contributed by atoms with Gasteiger partial charge in [0.2, 0.25) is 0 Å². The Balaban J connectivity index is 4.24. The number of carbonyl (C=O) groups is 1. The predicted octanol–water partition coefficient (Wildman–Crippen LogP) is 0.251. The van der Waals surface area contributed by atoms with E-state index in [0.29, 0.717) is 0 Å². The number of rotatable bonds is 4. The third-order valence-corrected chi connectivity index (χ3v) is 2.06. The van der Waals surface area contributed by atoms with Gasteiger partial charge in [0.25, 0.3) is 0 Å². The van der Waals surface area contributed by atoms with Crippen LogP contribution in [-0.4, -0.2) is 48.3 Å². The van der Waals surface area contributed by atoms with Gasteiger partial charge in [0.15, 0.2) is 5.60 Å². The zero-order valence-corrected chi connectivity index (χ0v) is 9.00. The second-order valence-electron chi connectivity index (χ2n) is 3.77. The van der Waals surface area contributed by atoms with Gasteiger partial charge in [-0.15, -0.1) is 0 Å². The zero-order valence-electron chi connectivity index (χ0n) is 9.00. The lowest BCUT2D eigenvalue weighted by atomic mass is 10.1. The van der Waals surface area contributed by atoms with Gasteiger partial charge in [-0.25, -0.2) is 4.79 Å². The molecule has 0 radical (unpaired) electrons. The molecule has 0 aliphatic rings. The van der Waals surface area contributed by atoms with Crippen LogP contribution in [-0.2, 0) is 9.53 Å². The van der Waals surface area contributed by atoms with Gasteiger partial charge in [-0.1, -0.05) is 0 Å². The predicted molar refractivity (Wildman–Crippen MR) is 50.4 cm³/mol. The molecule has 4 heteroatoms. The van der Waals surface area contributed by atoms with E-state index in [0.717, 1.165) is 0 Å². The summed E-state index contributed by atoms with van der Waals surface area (Å²) in [5.41, 5.74) is -1.42. The highest BCUT2D eigenvalue weighted by molar-refractivity contribution is 5.78. The molecule has 0 rings (SSSR count). The average molecular weight is 189 g/mol. The van der Waals surface area contributed by atoms with Gasteiger partial charge >= 0.3 is 5.97 Å². The number of carbonyl (C=O) groups excluding carboxylic acids is 1. The average Bonchev–Trinajstić information content (AvgIpc) is 2.01. The van der Waals surface area contributed by atoms with Crippen molar-refractivity contribution in [3.8, 4) is 0 Å². The summed E-state index contributed by atoms with van der Waals surface area (Å²) in [7, 11) is 3.12. The number of ether oxygens (including phenoxy) is 1. The van der Waals surface area contributed by atoms with E-state index < -0.39 is 11.6 Å². The molecular weight excluding hydrogens is 170 g/mol. The Hall–Kier alpha value is -0.610. The third-order valence-electron chi connectivity index (χ3n) is 2.06. The van der Waals surface area contributed by atoms with Gasteiger partial charge in [0.1, 0.15) is 0 Å². The van der Waals surface area contributed by atoms with E-state index in [9.17, 15) is 9.90 Å². The highest BCUT2D eigenvalue weighted by Crippen LogP contribution is 2.09. The number of hydrogen-bond donors (Lipinski definition) is 1. The Morgan fingerprint density at radius 2 is 2.08 bits per heavy atom. The molecule has 0 bridgehead atoms. The summed E-state index contributed by atoms with van der Waals surface area (Å²) in [6.45, 7) is 5.72. The molecule has 0 amide bonds. The summed E-state index contributed by atoms with van der Waals surface area (Å²) in [6.07, 6.45) is 0. The molecular formula is C9H19NO3. The highest BCUT2D eigenvalue weighted by atomic mass is 16.5. The number of methoxy groups -OCH3 is 1. The van der Waals surface area contributed by atoms with Crippen LogP contribution < -0.4 is 0 Å². The van der Waals surface area contributed by atoms with Crippen LogP contribution in [0, 0.1) is 0 Å². The summed E-state index contributed by atoms with van der Waals surface area (Å²) < 4.78 is 4.48. The van der Waals surface area contributed by atoms with Crippen molar-refractivity contribution >= 4 is 5.97 Å². The molecule has 4 nitrogen and oxygen atoms in total. The molecule has 0 aromatic carbocycles. The van der Waals surface area contributed by atoms with Crippen LogP contribution in [0.4, 0.5) is 0 Å². The second-order valence-corrected chi connectivity index (χ2v) is 3.77. The number of aliphatic hydroxyl groups is 1. The number of likely N-dealkylation sites (N-methyl/N-ethyl adjacent to an activating group) is 1. The Morgan fingerprint density at radius 3 is 2.38 bits per heavy atom.